The summed E-state index contributed by atoms with van der Waals surface area (Å²) in [6, 6.07) is 5.82. The lowest BCUT2D eigenvalue weighted by Crippen LogP contribution is -2.40. The molecule has 6 heteroatoms. The maximum atomic E-state index is 12.6. The molecule has 2 fully saturated rings. The number of imide groups is 1. The Morgan fingerprint density at radius 1 is 1.12 bits per heavy atom. The first-order valence-electron chi connectivity index (χ1n) is 9.38. The first-order chi connectivity index (χ1) is 12.5. The van der Waals surface area contributed by atoms with Crippen LogP contribution in [-0.4, -0.2) is 49.0 Å². The number of rotatable bonds is 7. The fourth-order valence-corrected chi connectivity index (χ4v) is 4.06. The van der Waals surface area contributed by atoms with E-state index in [1.807, 2.05) is 37.1 Å². The number of fused-ring (bicyclic) bond motifs is 1. The van der Waals surface area contributed by atoms with Crippen molar-refractivity contribution in [3.8, 4) is 11.5 Å². The second-order valence-electron chi connectivity index (χ2n) is 7.18. The van der Waals surface area contributed by atoms with Crippen LogP contribution in [0.1, 0.15) is 38.2 Å². The summed E-state index contributed by atoms with van der Waals surface area (Å²) < 4.78 is 10.9. The number of carbonyl (C=O) groups excluding carboxylic acids is 2. The van der Waals surface area contributed by atoms with E-state index in [1.54, 1.807) is 7.11 Å². The van der Waals surface area contributed by atoms with Gasteiger partial charge in [0.25, 0.3) is 0 Å². The van der Waals surface area contributed by atoms with E-state index in [0.717, 1.165) is 37.0 Å². The van der Waals surface area contributed by atoms with E-state index >= 15 is 0 Å². The van der Waals surface area contributed by atoms with E-state index in [1.165, 1.54) is 4.90 Å². The van der Waals surface area contributed by atoms with Crippen molar-refractivity contribution in [3.05, 3.63) is 23.8 Å². The van der Waals surface area contributed by atoms with Crippen molar-refractivity contribution in [3.63, 3.8) is 0 Å². The van der Waals surface area contributed by atoms with Crippen molar-refractivity contribution < 1.29 is 19.1 Å². The summed E-state index contributed by atoms with van der Waals surface area (Å²) in [6.45, 7) is 3.47. The van der Waals surface area contributed by atoms with Crippen LogP contribution in [0, 0.1) is 11.8 Å². The van der Waals surface area contributed by atoms with Crippen molar-refractivity contribution in [2.75, 3.05) is 27.4 Å². The molecule has 0 radical (unpaired) electrons. The molecule has 6 nitrogen and oxygen atoms in total. The molecule has 0 spiro atoms. The summed E-state index contributed by atoms with van der Waals surface area (Å²) in [4.78, 5) is 28.6. The maximum absolute atomic E-state index is 12.6. The molecular formula is C20H28N2O4. The Labute approximate surface area is 155 Å². The zero-order chi connectivity index (χ0) is 18.7. The lowest BCUT2D eigenvalue weighted by molar-refractivity contribution is -0.142. The van der Waals surface area contributed by atoms with Crippen LogP contribution < -0.4 is 9.47 Å². The number of amides is 2. The van der Waals surface area contributed by atoms with Crippen LogP contribution in [0.2, 0.25) is 0 Å². The van der Waals surface area contributed by atoms with Gasteiger partial charge in [-0.3, -0.25) is 19.4 Å². The lowest BCUT2D eigenvalue weighted by atomic mass is 9.81. The van der Waals surface area contributed by atoms with Crippen LogP contribution >= 0.6 is 0 Å². The van der Waals surface area contributed by atoms with Gasteiger partial charge in [-0.1, -0.05) is 18.9 Å². The molecule has 2 aliphatic rings. The molecule has 2 atom stereocenters. The minimum atomic E-state index is -0.0878. The molecule has 1 aliphatic heterocycles. The Morgan fingerprint density at radius 3 is 2.35 bits per heavy atom. The smallest absolute Gasteiger partial charge is 0.234 e. The first-order valence-corrected chi connectivity index (χ1v) is 9.38. The molecule has 1 aromatic carbocycles. The Morgan fingerprint density at radius 2 is 1.77 bits per heavy atom. The molecule has 1 aromatic rings. The highest BCUT2D eigenvalue weighted by Gasteiger charge is 2.48. The van der Waals surface area contributed by atoms with Gasteiger partial charge in [-0.15, -0.1) is 0 Å². The van der Waals surface area contributed by atoms with E-state index in [2.05, 4.69) is 0 Å². The van der Waals surface area contributed by atoms with Crippen molar-refractivity contribution >= 4 is 11.8 Å². The van der Waals surface area contributed by atoms with Crippen molar-refractivity contribution in [2.24, 2.45) is 11.8 Å². The monoisotopic (exact) mass is 360 g/mol. The van der Waals surface area contributed by atoms with Crippen molar-refractivity contribution in [1.29, 1.82) is 0 Å². The summed E-state index contributed by atoms with van der Waals surface area (Å²) in [5.74, 6) is 1.25. The van der Waals surface area contributed by atoms with E-state index in [0.29, 0.717) is 25.6 Å². The Balaban J connectivity index is 1.64. The summed E-state index contributed by atoms with van der Waals surface area (Å²) in [5.41, 5.74) is 1.05. The van der Waals surface area contributed by atoms with E-state index in [9.17, 15) is 9.59 Å². The molecular weight excluding hydrogens is 332 g/mol. The summed E-state index contributed by atoms with van der Waals surface area (Å²) in [7, 11) is 3.54. The Bertz CT molecular complexity index is 652. The van der Waals surface area contributed by atoms with Crippen molar-refractivity contribution in [1.82, 2.24) is 9.80 Å². The number of hydrogen-bond donors (Lipinski definition) is 0. The molecule has 0 bridgehead atoms. The van der Waals surface area contributed by atoms with Crippen LogP contribution in [0.3, 0.4) is 0 Å². The fraction of sp³-hybridized carbons (Fsp3) is 0.600. The summed E-state index contributed by atoms with van der Waals surface area (Å²) in [6.07, 6.45) is 3.81. The fourth-order valence-electron chi connectivity index (χ4n) is 4.06. The highest BCUT2D eigenvalue weighted by atomic mass is 16.5. The van der Waals surface area contributed by atoms with Gasteiger partial charge in [-0.05, 0) is 44.5 Å². The predicted molar refractivity (Wildman–Crippen MR) is 97.8 cm³/mol. The molecule has 2 amide bonds. The molecule has 0 unspecified atom stereocenters. The third-order valence-corrected chi connectivity index (χ3v) is 5.30. The SMILES string of the molecule is CCOc1ccc(CN(C)CN2C(=O)[C@H]3CCCC[C@H]3C2=O)cc1OC. The summed E-state index contributed by atoms with van der Waals surface area (Å²) in [5, 5.41) is 0. The van der Waals surface area contributed by atoms with Gasteiger partial charge in [-0.25, -0.2) is 0 Å². The minimum Gasteiger partial charge on any atom is -0.493 e. The zero-order valence-corrected chi connectivity index (χ0v) is 15.9. The maximum Gasteiger partial charge on any atom is 0.234 e. The van der Waals surface area contributed by atoms with Gasteiger partial charge < -0.3 is 9.47 Å². The molecule has 1 heterocycles. The van der Waals surface area contributed by atoms with E-state index in [-0.39, 0.29) is 23.7 Å². The number of hydrogen-bond acceptors (Lipinski definition) is 5. The number of likely N-dealkylation sites (tertiary alicyclic amines) is 1. The van der Waals surface area contributed by atoms with E-state index < -0.39 is 0 Å². The van der Waals surface area contributed by atoms with Crippen molar-refractivity contribution in [2.45, 2.75) is 39.2 Å². The molecule has 26 heavy (non-hydrogen) atoms. The third-order valence-electron chi connectivity index (χ3n) is 5.30. The quantitative estimate of drug-likeness (QED) is 0.700. The number of carbonyl (C=O) groups is 2. The molecule has 0 N–H and O–H groups in total. The normalized spacial score (nSPS) is 22.7. The van der Waals surface area contributed by atoms with Gasteiger partial charge in [0.15, 0.2) is 11.5 Å². The Kier molecular flexibility index (Phi) is 5.81. The summed E-state index contributed by atoms with van der Waals surface area (Å²) >= 11 is 0. The van der Waals surface area contributed by atoms with Gasteiger partial charge >= 0.3 is 0 Å². The largest absolute Gasteiger partial charge is 0.493 e. The predicted octanol–water partition coefficient (Wildman–Crippen LogP) is 2.66. The number of nitrogens with zero attached hydrogens (tertiary/aromatic N) is 2. The highest BCUT2D eigenvalue weighted by Crippen LogP contribution is 2.38. The highest BCUT2D eigenvalue weighted by molar-refractivity contribution is 6.05. The molecule has 1 saturated heterocycles. The minimum absolute atomic E-state index is 0.0100. The topological polar surface area (TPSA) is 59.1 Å². The van der Waals surface area contributed by atoms with Crippen LogP contribution in [0.25, 0.3) is 0 Å². The van der Waals surface area contributed by atoms with Crippen LogP contribution in [-0.2, 0) is 16.1 Å². The van der Waals surface area contributed by atoms with Crippen LogP contribution in [0.15, 0.2) is 18.2 Å². The van der Waals surface area contributed by atoms with Gasteiger partial charge in [0.1, 0.15) is 0 Å². The average molecular weight is 360 g/mol. The van der Waals surface area contributed by atoms with Crippen LogP contribution in [0.5, 0.6) is 11.5 Å². The number of methoxy groups -OCH3 is 1. The number of benzene rings is 1. The zero-order valence-electron chi connectivity index (χ0n) is 15.9. The van der Waals surface area contributed by atoms with Gasteiger partial charge in [0, 0.05) is 6.54 Å². The first kappa shape index (κ1) is 18.7. The second-order valence-corrected chi connectivity index (χ2v) is 7.18. The molecule has 0 aromatic heterocycles. The van der Waals surface area contributed by atoms with Crippen LogP contribution in [0.4, 0.5) is 0 Å². The van der Waals surface area contributed by atoms with E-state index in [4.69, 9.17) is 9.47 Å². The number of ether oxygens (including phenoxy) is 2. The second kappa shape index (κ2) is 8.08. The average Bonchev–Trinajstić information content (AvgIpc) is 2.88. The molecule has 1 saturated carbocycles. The molecule has 1 aliphatic carbocycles. The molecule has 3 rings (SSSR count). The van der Waals surface area contributed by atoms with Gasteiger partial charge in [0.05, 0.1) is 32.2 Å². The lowest BCUT2D eigenvalue weighted by Gasteiger charge is -2.23. The van der Waals surface area contributed by atoms with Gasteiger partial charge in [0.2, 0.25) is 11.8 Å². The van der Waals surface area contributed by atoms with Gasteiger partial charge in [-0.2, -0.15) is 0 Å². The Hall–Kier alpha value is -2.08. The third kappa shape index (κ3) is 3.70. The standard InChI is InChI=1S/C20H28N2O4/c1-4-26-17-10-9-14(11-18(17)25-3)12-21(2)13-22-19(23)15-7-5-6-8-16(15)20(22)24/h9-11,15-16H,4-8,12-13H2,1-3H3/t15-,16+. The molecule has 142 valence electrons.